The highest BCUT2D eigenvalue weighted by Gasteiger charge is 2.28. The number of piperidine rings is 1. The molecule has 10 nitrogen and oxygen atoms in total. The minimum Gasteiger partial charge on any atom is -0.505 e. The molecule has 11 heteroatoms. The van der Waals surface area contributed by atoms with Crippen LogP contribution in [-0.2, 0) is 22.6 Å². The lowest BCUT2D eigenvalue weighted by Gasteiger charge is -2.27. The van der Waals surface area contributed by atoms with Crippen LogP contribution in [0.2, 0.25) is 0 Å². The van der Waals surface area contributed by atoms with Crippen LogP contribution in [0.3, 0.4) is 0 Å². The van der Waals surface area contributed by atoms with Gasteiger partial charge in [-0.1, -0.05) is 32.9 Å². The second-order valence-electron chi connectivity index (χ2n) is 12.1. The number of carbonyl (C=O) groups is 3. The van der Waals surface area contributed by atoms with Gasteiger partial charge in [-0.25, -0.2) is 4.39 Å². The van der Waals surface area contributed by atoms with Crippen molar-refractivity contribution in [2.24, 2.45) is 5.41 Å². The van der Waals surface area contributed by atoms with E-state index in [1.807, 2.05) is 20.8 Å². The van der Waals surface area contributed by atoms with E-state index in [1.165, 1.54) is 22.9 Å². The summed E-state index contributed by atoms with van der Waals surface area (Å²) in [7, 11) is 0. The Hall–Kier alpha value is -4.28. The second-order valence-corrected chi connectivity index (χ2v) is 12.1. The number of aromatic hydroxyl groups is 1. The number of carboxylic acid groups (broad SMARTS) is 1. The summed E-state index contributed by atoms with van der Waals surface area (Å²) in [6.45, 7) is 6.57. The average molecular weight is 581 g/mol. The van der Waals surface area contributed by atoms with Gasteiger partial charge in [0.15, 0.2) is 5.75 Å². The molecule has 1 aliphatic heterocycles. The first-order chi connectivity index (χ1) is 19.8. The fourth-order valence-corrected chi connectivity index (χ4v) is 5.41. The first kappa shape index (κ1) is 30.7. The van der Waals surface area contributed by atoms with Crippen molar-refractivity contribution in [1.29, 1.82) is 0 Å². The minimum atomic E-state index is -1.11. The molecule has 4 rings (SSSR count). The quantitative estimate of drug-likeness (QED) is 0.331. The number of carboxylic acids is 1. The lowest BCUT2D eigenvalue weighted by Crippen LogP contribution is -2.43. The van der Waals surface area contributed by atoms with Crippen LogP contribution in [0.25, 0.3) is 11.0 Å². The molecule has 0 aliphatic carbocycles. The van der Waals surface area contributed by atoms with Crippen molar-refractivity contribution < 1.29 is 29.0 Å². The number of fused-ring (bicyclic) bond motifs is 1. The Morgan fingerprint density at radius 3 is 2.45 bits per heavy atom. The largest absolute Gasteiger partial charge is 0.505 e. The van der Waals surface area contributed by atoms with Crippen molar-refractivity contribution in [3.05, 3.63) is 69.4 Å². The smallest absolute Gasteiger partial charge is 0.305 e. The maximum Gasteiger partial charge on any atom is 0.305 e. The predicted octanol–water partition coefficient (Wildman–Crippen LogP) is 3.85. The monoisotopic (exact) mass is 580 g/mol. The van der Waals surface area contributed by atoms with E-state index in [2.05, 4.69) is 10.3 Å². The fraction of sp³-hybridized carbons (Fsp3) is 0.452. The zero-order valence-corrected chi connectivity index (χ0v) is 24.2. The van der Waals surface area contributed by atoms with Crippen LogP contribution in [-0.4, -0.2) is 61.6 Å². The molecule has 3 aromatic rings. The number of aromatic nitrogens is 2. The highest BCUT2D eigenvalue weighted by atomic mass is 19.1. The van der Waals surface area contributed by atoms with Gasteiger partial charge in [-0.2, -0.15) is 0 Å². The molecule has 1 aromatic carbocycles. The summed E-state index contributed by atoms with van der Waals surface area (Å²) in [5.41, 5.74) is 0.201. The van der Waals surface area contributed by atoms with Crippen LogP contribution in [0.5, 0.6) is 5.75 Å². The number of benzene rings is 1. The van der Waals surface area contributed by atoms with E-state index in [0.717, 1.165) is 18.4 Å². The Kier molecular flexibility index (Phi) is 9.28. The third kappa shape index (κ3) is 7.51. The molecule has 224 valence electrons. The number of aliphatic carboxylic acids is 1. The van der Waals surface area contributed by atoms with Gasteiger partial charge in [-0.05, 0) is 60.4 Å². The standard InChI is InChI=1S/C31H37FN4O6/c1-31(2,3)17-22(16-25(38)39)34-29(41)26-28(40)27-23(15-20(18-33-27)14-19-7-9-21(32)10-8-19)36(30(26)42)13-12-35-11-5-4-6-24(35)37/h7-10,15,18,22,40H,4-6,11-14,16-17H2,1-3H3,(H,34,41)(H,38,39)/t22-/m1/s1. The Bertz CT molecular complexity index is 1540. The zero-order valence-electron chi connectivity index (χ0n) is 24.2. The van der Waals surface area contributed by atoms with Gasteiger partial charge in [0.2, 0.25) is 5.91 Å². The molecule has 3 N–H and O–H groups in total. The molecule has 42 heavy (non-hydrogen) atoms. The number of nitrogens with one attached hydrogen (secondary N) is 1. The lowest BCUT2D eigenvalue weighted by molar-refractivity contribution is -0.137. The molecule has 1 fully saturated rings. The highest BCUT2D eigenvalue weighted by Crippen LogP contribution is 2.28. The van der Waals surface area contributed by atoms with Crippen molar-refractivity contribution in [1.82, 2.24) is 19.8 Å². The van der Waals surface area contributed by atoms with Crippen LogP contribution in [0.4, 0.5) is 4.39 Å². The summed E-state index contributed by atoms with van der Waals surface area (Å²) in [6.07, 6.45) is 3.97. The molecule has 0 spiro atoms. The van der Waals surface area contributed by atoms with Gasteiger partial charge >= 0.3 is 5.97 Å². The van der Waals surface area contributed by atoms with E-state index in [9.17, 15) is 33.8 Å². The molecular weight excluding hydrogens is 543 g/mol. The maximum absolute atomic E-state index is 13.8. The molecule has 0 unspecified atom stereocenters. The molecular formula is C31H37FN4O6. The van der Waals surface area contributed by atoms with E-state index in [1.54, 1.807) is 23.1 Å². The number of nitrogens with zero attached hydrogens (tertiary/aromatic N) is 3. The summed E-state index contributed by atoms with van der Waals surface area (Å²) in [5, 5.41) is 23.2. The number of hydrogen-bond donors (Lipinski definition) is 3. The number of rotatable bonds is 10. The molecule has 1 aliphatic rings. The van der Waals surface area contributed by atoms with Crippen molar-refractivity contribution in [3.63, 3.8) is 0 Å². The molecule has 2 aromatic heterocycles. The Balaban J connectivity index is 1.76. The highest BCUT2D eigenvalue weighted by molar-refractivity contribution is 6.01. The van der Waals surface area contributed by atoms with E-state index in [-0.39, 0.29) is 47.7 Å². The first-order valence-electron chi connectivity index (χ1n) is 14.1. The number of hydrogen-bond acceptors (Lipinski definition) is 6. The molecule has 0 bridgehead atoms. The van der Waals surface area contributed by atoms with Gasteiger partial charge < -0.3 is 25.0 Å². The first-order valence-corrected chi connectivity index (χ1v) is 14.1. The summed E-state index contributed by atoms with van der Waals surface area (Å²) >= 11 is 0. The topological polar surface area (TPSA) is 142 Å². The molecule has 0 radical (unpaired) electrons. The average Bonchev–Trinajstić information content (AvgIpc) is 2.89. The Morgan fingerprint density at radius 2 is 1.81 bits per heavy atom. The van der Waals surface area contributed by atoms with Gasteiger partial charge in [0.05, 0.1) is 11.9 Å². The predicted molar refractivity (Wildman–Crippen MR) is 155 cm³/mol. The van der Waals surface area contributed by atoms with Crippen LogP contribution in [0.15, 0.2) is 41.3 Å². The minimum absolute atomic E-state index is 0.0100. The van der Waals surface area contributed by atoms with Crippen molar-refractivity contribution in [3.8, 4) is 5.75 Å². The summed E-state index contributed by atoms with van der Waals surface area (Å²) in [6, 6.07) is 6.90. The molecule has 1 atom stereocenters. The Morgan fingerprint density at radius 1 is 1.10 bits per heavy atom. The summed E-state index contributed by atoms with van der Waals surface area (Å²) in [4.78, 5) is 57.3. The summed E-state index contributed by atoms with van der Waals surface area (Å²) < 4.78 is 14.7. The Labute approximate surface area is 243 Å². The van der Waals surface area contributed by atoms with Crippen LogP contribution in [0, 0.1) is 11.2 Å². The second kappa shape index (κ2) is 12.7. The molecule has 2 amide bonds. The SMILES string of the molecule is CC(C)(C)C[C@@H](CC(=O)O)NC(=O)c1c(O)c2ncc(Cc3ccc(F)cc3)cc2n(CCN2CCCCC2=O)c1=O. The number of halogens is 1. The molecule has 0 saturated carbocycles. The van der Waals surface area contributed by atoms with Gasteiger partial charge in [0, 0.05) is 38.3 Å². The number of carbonyl (C=O) groups excluding carboxylic acids is 2. The van der Waals surface area contributed by atoms with Gasteiger partial charge in [-0.3, -0.25) is 24.2 Å². The summed E-state index contributed by atoms with van der Waals surface area (Å²) in [5.74, 6) is -2.97. The van der Waals surface area contributed by atoms with Crippen LogP contribution < -0.4 is 10.9 Å². The van der Waals surface area contributed by atoms with E-state index < -0.39 is 34.8 Å². The number of likely N-dealkylation sites (tertiary alicyclic amines) is 1. The van der Waals surface area contributed by atoms with Gasteiger partial charge in [0.1, 0.15) is 16.9 Å². The third-order valence-corrected chi connectivity index (χ3v) is 7.31. The van der Waals surface area contributed by atoms with Gasteiger partial charge in [0.25, 0.3) is 11.5 Å². The molecule has 1 saturated heterocycles. The van der Waals surface area contributed by atoms with E-state index in [4.69, 9.17) is 0 Å². The normalized spacial score (nSPS) is 14.7. The fourth-order valence-electron chi connectivity index (χ4n) is 5.41. The van der Waals surface area contributed by atoms with E-state index >= 15 is 0 Å². The van der Waals surface area contributed by atoms with Crippen molar-refractivity contribution in [2.45, 2.75) is 71.9 Å². The molecule has 3 heterocycles. The lowest BCUT2D eigenvalue weighted by atomic mass is 9.87. The third-order valence-electron chi connectivity index (χ3n) is 7.31. The number of amides is 2. The van der Waals surface area contributed by atoms with Crippen molar-refractivity contribution in [2.75, 3.05) is 13.1 Å². The number of pyridine rings is 2. The zero-order chi connectivity index (χ0) is 30.6. The maximum atomic E-state index is 13.8. The van der Waals surface area contributed by atoms with Crippen LogP contribution in [0.1, 0.15) is 74.4 Å². The van der Waals surface area contributed by atoms with Crippen LogP contribution >= 0.6 is 0 Å². The van der Waals surface area contributed by atoms with Crippen molar-refractivity contribution >= 4 is 28.8 Å². The van der Waals surface area contributed by atoms with E-state index in [0.29, 0.717) is 31.4 Å². The van der Waals surface area contributed by atoms with Gasteiger partial charge in [-0.15, -0.1) is 0 Å².